The van der Waals surface area contributed by atoms with E-state index in [2.05, 4.69) is 34.9 Å². The molecule has 0 atom stereocenters. The van der Waals surface area contributed by atoms with Gasteiger partial charge in [0.1, 0.15) is 5.82 Å². The number of hydrogen-bond donors (Lipinski definition) is 0. The van der Waals surface area contributed by atoms with E-state index < -0.39 is 0 Å². The van der Waals surface area contributed by atoms with Crippen molar-refractivity contribution in [1.82, 2.24) is 4.90 Å². The molecule has 1 aliphatic carbocycles. The Hall–Kier alpha value is -2.20. The zero-order chi connectivity index (χ0) is 20.0. The average molecular weight is 393 g/mol. The maximum absolute atomic E-state index is 13.5. The van der Waals surface area contributed by atoms with Gasteiger partial charge in [0, 0.05) is 30.1 Å². The summed E-state index contributed by atoms with van der Waals surface area (Å²) in [4.78, 5) is 17.6. The summed E-state index contributed by atoms with van der Waals surface area (Å²) in [5.41, 5.74) is 4.88. The minimum atomic E-state index is -0.165. The number of carbonyl (C=O) groups is 1. The Morgan fingerprint density at radius 2 is 1.93 bits per heavy atom. The molecule has 2 fully saturated rings. The van der Waals surface area contributed by atoms with Crippen LogP contribution in [0.2, 0.25) is 0 Å². The number of amides is 1. The highest BCUT2D eigenvalue weighted by Crippen LogP contribution is 2.48. The fourth-order valence-corrected chi connectivity index (χ4v) is 5.32. The molecule has 0 radical (unpaired) electrons. The Morgan fingerprint density at radius 3 is 2.62 bits per heavy atom. The first-order chi connectivity index (χ1) is 14.0. The lowest BCUT2D eigenvalue weighted by Gasteiger charge is -2.40. The van der Waals surface area contributed by atoms with Crippen LogP contribution in [-0.4, -0.2) is 30.4 Å². The summed E-state index contributed by atoms with van der Waals surface area (Å²) < 4.78 is 13.5. The van der Waals surface area contributed by atoms with Crippen molar-refractivity contribution in [3.8, 4) is 0 Å². The second kappa shape index (κ2) is 7.24. The highest BCUT2D eigenvalue weighted by molar-refractivity contribution is 5.98. The first kappa shape index (κ1) is 18.8. The molecule has 5 rings (SSSR count). The Bertz CT molecular complexity index is 928. The molecule has 0 N–H and O–H groups in total. The van der Waals surface area contributed by atoms with E-state index in [0.717, 1.165) is 63.1 Å². The zero-order valence-corrected chi connectivity index (χ0v) is 17.2. The van der Waals surface area contributed by atoms with Gasteiger partial charge in [-0.25, -0.2) is 4.39 Å². The normalized spacial score (nSPS) is 21.2. The molecule has 3 nitrogen and oxygen atoms in total. The van der Waals surface area contributed by atoms with E-state index in [-0.39, 0.29) is 17.2 Å². The number of hydrogen-bond acceptors (Lipinski definition) is 2. The maximum Gasteiger partial charge on any atom is 0.230 e. The predicted molar refractivity (Wildman–Crippen MR) is 113 cm³/mol. The van der Waals surface area contributed by atoms with Crippen LogP contribution >= 0.6 is 0 Å². The summed E-state index contributed by atoms with van der Waals surface area (Å²) in [6.07, 6.45) is 5.38. The number of likely N-dealkylation sites (tertiary alicyclic amines) is 1. The second-order valence-electron chi connectivity index (χ2n) is 9.26. The van der Waals surface area contributed by atoms with Crippen LogP contribution in [0.5, 0.6) is 0 Å². The molecule has 1 spiro atoms. The highest BCUT2D eigenvalue weighted by atomic mass is 19.1. The van der Waals surface area contributed by atoms with Gasteiger partial charge in [0.25, 0.3) is 0 Å². The van der Waals surface area contributed by atoms with Crippen LogP contribution in [0.25, 0.3) is 0 Å². The SMILES string of the molecule is Cc1ccc2c(c1)C1(CCN(Cc3cccc(F)c3)CC1)CN2C(=O)C1CCC1. The Morgan fingerprint density at radius 1 is 1.14 bits per heavy atom. The van der Waals surface area contributed by atoms with Crippen molar-refractivity contribution in [2.45, 2.75) is 51.0 Å². The largest absolute Gasteiger partial charge is 0.311 e. The van der Waals surface area contributed by atoms with Crippen LogP contribution in [0.15, 0.2) is 42.5 Å². The molecule has 1 saturated heterocycles. The number of rotatable bonds is 3. The molecule has 2 heterocycles. The van der Waals surface area contributed by atoms with E-state index in [9.17, 15) is 9.18 Å². The average Bonchev–Trinajstić information content (AvgIpc) is 2.96. The Kier molecular flexibility index (Phi) is 4.70. The van der Waals surface area contributed by atoms with E-state index in [0.29, 0.717) is 5.91 Å². The van der Waals surface area contributed by atoms with E-state index >= 15 is 0 Å². The number of halogens is 1. The molecule has 152 valence electrons. The quantitative estimate of drug-likeness (QED) is 0.748. The van der Waals surface area contributed by atoms with Gasteiger partial charge in [-0.1, -0.05) is 36.2 Å². The number of piperidine rings is 1. The summed E-state index contributed by atoms with van der Waals surface area (Å²) in [7, 11) is 0. The maximum atomic E-state index is 13.5. The van der Waals surface area contributed by atoms with Crippen molar-refractivity contribution in [2.75, 3.05) is 24.5 Å². The molecule has 3 aliphatic rings. The molecular weight excluding hydrogens is 363 g/mol. The van der Waals surface area contributed by atoms with Crippen molar-refractivity contribution >= 4 is 11.6 Å². The molecule has 4 heteroatoms. The molecular formula is C25H29FN2O. The van der Waals surface area contributed by atoms with Crippen LogP contribution in [0.1, 0.15) is 48.8 Å². The first-order valence-corrected chi connectivity index (χ1v) is 10.9. The van der Waals surface area contributed by atoms with Crippen molar-refractivity contribution in [3.63, 3.8) is 0 Å². The lowest BCUT2D eigenvalue weighted by molar-refractivity contribution is -0.124. The van der Waals surface area contributed by atoms with Crippen LogP contribution in [0.3, 0.4) is 0 Å². The Balaban J connectivity index is 1.35. The van der Waals surface area contributed by atoms with Gasteiger partial charge in [0.2, 0.25) is 5.91 Å². The van der Waals surface area contributed by atoms with Gasteiger partial charge < -0.3 is 4.90 Å². The number of benzene rings is 2. The molecule has 29 heavy (non-hydrogen) atoms. The number of anilines is 1. The van der Waals surface area contributed by atoms with Crippen molar-refractivity contribution in [3.05, 3.63) is 65.0 Å². The molecule has 0 unspecified atom stereocenters. The van der Waals surface area contributed by atoms with Gasteiger partial charge >= 0.3 is 0 Å². The summed E-state index contributed by atoms with van der Waals surface area (Å²) in [6, 6.07) is 13.5. The molecule has 1 amide bonds. The fraction of sp³-hybridized carbons (Fsp3) is 0.480. The standard InChI is InChI=1S/C25H29FN2O/c1-18-8-9-23-22(14-18)25(17-28(23)24(29)20-5-3-6-20)10-12-27(13-11-25)16-19-4-2-7-21(26)15-19/h2,4,7-9,14-15,20H,3,5-6,10-13,16-17H2,1H3. The van der Waals surface area contributed by atoms with Crippen LogP contribution in [-0.2, 0) is 16.8 Å². The second-order valence-corrected chi connectivity index (χ2v) is 9.26. The van der Waals surface area contributed by atoms with Crippen molar-refractivity contribution in [2.24, 2.45) is 5.92 Å². The Labute approximate surface area is 172 Å². The smallest absolute Gasteiger partial charge is 0.230 e. The van der Waals surface area contributed by atoms with E-state index in [4.69, 9.17) is 0 Å². The number of aryl methyl sites for hydroxylation is 1. The number of carbonyl (C=O) groups excluding carboxylic acids is 1. The highest BCUT2D eigenvalue weighted by Gasteiger charge is 2.47. The van der Waals surface area contributed by atoms with Crippen LogP contribution < -0.4 is 4.90 Å². The molecule has 2 aromatic rings. The van der Waals surface area contributed by atoms with Crippen molar-refractivity contribution < 1.29 is 9.18 Å². The number of fused-ring (bicyclic) bond motifs is 2. The van der Waals surface area contributed by atoms with Crippen molar-refractivity contribution in [1.29, 1.82) is 0 Å². The molecule has 0 aromatic heterocycles. The summed E-state index contributed by atoms with van der Waals surface area (Å²) in [5.74, 6) is 0.397. The van der Waals surface area contributed by atoms with Crippen LogP contribution in [0.4, 0.5) is 10.1 Å². The van der Waals surface area contributed by atoms with Gasteiger partial charge in [-0.05, 0) is 75.0 Å². The molecule has 2 aromatic carbocycles. The van der Waals surface area contributed by atoms with Gasteiger partial charge in [-0.15, -0.1) is 0 Å². The minimum Gasteiger partial charge on any atom is -0.311 e. The van der Waals surface area contributed by atoms with E-state index in [1.165, 1.54) is 23.6 Å². The first-order valence-electron chi connectivity index (χ1n) is 10.9. The van der Waals surface area contributed by atoms with Crippen LogP contribution in [0, 0.1) is 18.7 Å². The lowest BCUT2D eigenvalue weighted by atomic mass is 9.74. The van der Waals surface area contributed by atoms with Gasteiger partial charge in [0.15, 0.2) is 0 Å². The lowest BCUT2D eigenvalue weighted by Crippen LogP contribution is -2.47. The van der Waals surface area contributed by atoms with Gasteiger partial charge in [0.05, 0.1) is 0 Å². The summed E-state index contributed by atoms with van der Waals surface area (Å²) in [5, 5.41) is 0. The topological polar surface area (TPSA) is 23.6 Å². The molecule has 0 bridgehead atoms. The van der Waals surface area contributed by atoms with Gasteiger partial charge in [-0.2, -0.15) is 0 Å². The molecule has 1 saturated carbocycles. The van der Waals surface area contributed by atoms with E-state index in [1.54, 1.807) is 12.1 Å². The minimum absolute atomic E-state index is 0.0686. The third kappa shape index (κ3) is 3.38. The predicted octanol–water partition coefficient (Wildman–Crippen LogP) is 4.81. The monoisotopic (exact) mass is 392 g/mol. The third-order valence-electron chi connectivity index (χ3n) is 7.30. The third-order valence-corrected chi connectivity index (χ3v) is 7.30. The fourth-order valence-electron chi connectivity index (χ4n) is 5.32. The van der Waals surface area contributed by atoms with E-state index in [1.807, 2.05) is 6.07 Å². The summed E-state index contributed by atoms with van der Waals surface area (Å²) in [6.45, 7) is 5.72. The summed E-state index contributed by atoms with van der Waals surface area (Å²) >= 11 is 0. The van der Waals surface area contributed by atoms with Gasteiger partial charge in [-0.3, -0.25) is 9.69 Å². The number of nitrogens with zero attached hydrogens (tertiary/aromatic N) is 2. The molecule has 2 aliphatic heterocycles. The zero-order valence-electron chi connectivity index (χ0n) is 17.2.